The van der Waals surface area contributed by atoms with E-state index in [0.717, 1.165) is 60.9 Å². The molecule has 3 fully saturated rings. The SMILES string of the molecule is CN1CCN(S(=O)(=O)c2ccc(-c3cnc(Nc4ccc(C#Cc5cc(C(=O)NC6CC6)ccn5)cc4)nc3NCC3CCC(O)CC3)cc2)CC1. The van der Waals surface area contributed by atoms with E-state index >= 15 is 0 Å². The zero-order valence-corrected chi connectivity index (χ0v) is 30.1. The lowest BCUT2D eigenvalue weighted by molar-refractivity contribution is 0.0950. The van der Waals surface area contributed by atoms with E-state index in [1.165, 1.54) is 0 Å². The Morgan fingerprint density at radius 1 is 0.904 bits per heavy atom. The van der Waals surface area contributed by atoms with Gasteiger partial charge in [0.15, 0.2) is 0 Å². The Morgan fingerprint density at radius 3 is 2.35 bits per heavy atom. The Hall–Kier alpha value is -4.87. The van der Waals surface area contributed by atoms with E-state index in [1.54, 1.807) is 41.0 Å². The van der Waals surface area contributed by atoms with Crippen molar-refractivity contribution in [3.05, 3.63) is 89.9 Å². The van der Waals surface area contributed by atoms with E-state index in [1.807, 2.05) is 43.4 Å². The predicted octanol–water partition coefficient (Wildman–Crippen LogP) is 4.47. The van der Waals surface area contributed by atoms with E-state index in [9.17, 15) is 18.3 Å². The van der Waals surface area contributed by atoms with Gasteiger partial charge in [-0.3, -0.25) is 4.79 Å². The van der Waals surface area contributed by atoms with Gasteiger partial charge in [-0.1, -0.05) is 18.1 Å². The van der Waals surface area contributed by atoms with Crippen molar-refractivity contribution in [2.75, 3.05) is 50.4 Å². The smallest absolute Gasteiger partial charge is 0.251 e. The fourth-order valence-electron chi connectivity index (χ4n) is 6.40. The summed E-state index contributed by atoms with van der Waals surface area (Å²) in [6.45, 7) is 3.05. The van der Waals surface area contributed by atoms with Gasteiger partial charge in [0.05, 0.1) is 11.0 Å². The number of aliphatic hydroxyl groups is 1. The highest BCUT2D eigenvalue weighted by atomic mass is 32.2. The summed E-state index contributed by atoms with van der Waals surface area (Å²) >= 11 is 0. The van der Waals surface area contributed by atoms with Crippen LogP contribution in [-0.2, 0) is 10.0 Å². The largest absolute Gasteiger partial charge is 0.393 e. The molecule has 2 aromatic carbocycles. The summed E-state index contributed by atoms with van der Waals surface area (Å²) in [5.41, 5.74) is 4.20. The molecule has 1 aliphatic heterocycles. The van der Waals surface area contributed by atoms with E-state index < -0.39 is 10.0 Å². The predicted molar refractivity (Wildman–Crippen MR) is 201 cm³/mol. The number of carbonyl (C=O) groups excluding carboxylic acids is 1. The van der Waals surface area contributed by atoms with E-state index in [2.05, 4.69) is 42.7 Å². The Morgan fingerprint density at radius 2 is 1.63 bits per heavy atom. The first kappa shape index (κ1) is 35.5. The zero-order valence-electron chi connectivity index (χ0n) is 29.3. The molecule has 0 unspecified atom stereocenters. The second kappa shape index (κ2) is 15.8. The quantitative estimate of drug-likeness (QED) is 0.173. The molecule has 4 N–H and O–H groups in total. The number of nitrogens with zero attached hydrogens (tertiary/aromatic N) is 5. The van der Waals surface area contributed by atoms with Crippen LogP contribution in [0.25, 0.3) is 11.1 Å². The molecule has 7 rings (SSSR count). The number of likely N-dealkylation sites (N-methyl/N-ethyl adjacent to an activating group) is 1. The van der Waals surface area contributed by atoms with Crippen LogP contribution in [0.2, 0.25) is 0 Å². The lowest BCUT2D eigenvalue weighted by Crippen LogP contribution is -2.46. The maximum absolute atomic E-state index is 13.3. The molecule has 0 radical (unpaired) electrons. The molecule has 0 atom stereocenters. The van der Waals surface area contributed by atoms with Crippen molar-refractivity contribution in [2.45, 2.75) is 55.6 Å². The number of nitrogens with one attached hydrogen (secondary N) is 3. The highest BCUT2D eigenvalue weighted by Crippen LogP contribution is 2.31. The third-order valence-corrected chi connectivity index (χ3v) is 11.8. The van der Waals surface area contributed by atoms with Crippen LogP contribution in [0.4, 0.5) is 17.5 Å². The normalized spacial score (nSPS) is 19.7. The van der Waals surface area contributed by atoms with Gasteiger partial charge in [-0.2, -0.15) is 9.29 Å². The molecule has 2 aromatic heterocycles. The zero-order chi connectivity index (χ0) is 36.1. The minimum absolute atomic E-state index is 0.101. The highest BCUT2D eigenvalue weighted by molar-refractivity contribution is 7.89. The van der Waals surface area contributed by atoms with Crippen molar-refractivity contribution in [2.24, 2.45) is 5.92 Å². The first-order chi connectivity index (χ1) is 25.2. The van der Waals surface area contributed by atoms with Gasteiger partial charge in [0.2, 0.25) is 16.0 Å². The Balaban J connectivity index is 1.06. The number of hydrogen-bond donors (Lipinski definition) is 4. The minimum atomic E-state index is -3.59. The minimum Gasteiger partial charge on any atom is -0.393 e. The monoisotopic (exact) mass is 720 g/mol. The summed E-state index contributed by atoms with van der Waals surface area (Å²) in [5, 5.41) is 19.8. The van der Waals surface area contributed by atoms with Gasteiger partial charge < -0.3 is 26.0 Å². The first-order valence-corrected chi connectivity index (χ1v) is 19.4. The summed E-state index contributed by atoms with van der Waals surface area (Å²) in [6.07, 6.45) is 8.62. The van der Waals surface area contributed by atoms with Crippen LogP contribution in [0.5, 0.6) is 0 Å². The van der Waals surface area contributed by atoms with Crippen molar-refractivity contribution in [1.82, 2.24) is 29.5 Å². The average Bonchev–Trinajstić information content (AvgIpc) is 3.99. The van der Waals surface area contributed by atoms with Gasteiger partial charge in [0, 0.05) is 73.5 Å². The van der Waals surface area contributed by atoms with Crippen LogP contribution in [0, 0.1) is 17.8 Å². The van der Waals surface area contributed by atoms with Crippen LogP contribution in [0.15, 0.2) is 78.0 Å². The van der Waals surface area contributed by atoms with Gasteiger partial charge in [-0.15, -0.1) is 0 Å². The second-order valence-electron chi connectivity index (χ2n) is 13.9. The molecule has 0 bridgehead atoms. The van der Waals surface area contributed by atoms with Crippen molar-refractivity contribution >= 4 is 33.4 Å². The van der Waals surface area contributed by atoms with Crippen LogP contribution in [0.3, 0.4) is 0 Å². The van der Waals surface area contributed by atoms with E-state index in [4.69, 9.17) is 4.98 Å². The maximum atomic E-state index is 13.3. The van der Waals surface area contributed by atoms with Crippen molar-refractivity contribution in [1.29, 1.82) is 0 Å². The molecular weight excluding hydrogens is 677 g/mol. The molecule has 270 valence electrons. The number of aromatic nitrogens is 3. The molecule has 1 amide bonds. The summed E-state index contributed by atoms with van der Waals surface area (Å²) in [4.78, 5) is 28.6. The first-order valence-electron chi connectivity index (χ1n) is 17.9. The maximum Gasteiger partial charge on any atom is 0.251 e. The number of aliphatic hydroxyl groups excluding tert-OH is 1. The molecule has 0 spiro atoms. The van der Waals surface area contributed by atoms with Crippen LogP contribution in [-0.4, -0.2) is 95.5 Å². The Kier molecular flexibility index (Phi) is 10.8. The van der Waals surface area contributed by atoms with Gasteiger partial charge in [-0.05, 0) is 112 Å². The molecule has 4 aromatic rings. The van der Waals surface area contributed by atoms with Crippen LogP contribution in [0.1, 0.15) is 60.1 Å². The number of hydrogen-bond acceptors (Lipinski definition) is 10. The third kappa shape index (κ3) is 8.94. The molecule has 2 saturated carbocycles. The van der Waals surface area contributed by atoms with E-state index in [-0.39, 0.29) is 22.9 Å². The lowest BCUT2D eigenvalue weighted by Gasteiger charge is -2.31. The number of rotatable bonds is 10. The highest BCUT2D eigenvalue weighted by Gasteiger charge is 2.28. The van der Waals surface area contributed by atoms with Gasteiger partial charge in [0.1, 0.15) is 11.5 Å². The standard InChI is InChI=1S/C39H44N8O4S/c1-46-20-22-47(23-21-46)52(50,51)35-16-7-29(8-17-35)36-26-42-39(45-37(36)41-25-28-5-14-34(48)15-6-28)44-32-9-2-27(3-10-32)4-11-33-24-30(18-19-40-33)38(49)43-31-12-13-31/h2-3,7-10,16-19,24,26,28,31,34,48H,5-6,12-15,20-23,25H2,1H3,(H,43,49)(H2,41,42,44,45). The van der Waals surface area contributed by atoms with E-state index in [0.29, 0.717) is 61.7 Å². The molecule has 2 aliphatic carbocycles. The summed E-state index contributed by atoms with van der Waals surface area (Å²) in [7, 11) is -1.59. The molecule has 1 saturated heterocycles. The number of piperazine rings is 1. The number of amides is 1. The number of anilines is 3. The fraction of sp³-hybridized carbons (Fsp3) is 0.385. The molecule has 12 nitrogen and oxygen atoms in total. The molecule has 52 heavy (non-hydrogen) atoms. The van der Waals surface area contributed by atoms with Crippen molar-refractivity contribution in [3.63, 3.8) is 0 Å². The van der Waals surface area contributed by atoms with Crippen LogP contribution < -0.4 is 16.0 Å². The average molecular weight is 721 g/mol. The molecule has 3 aliphatic rings. The van der Waals surface area contributed by atoms with Crippen molar-refractivity contribution in [3.8, 4) is 23.0 Å². The topological polar surface area (TPSA) is 153 Å². The number of benzene rings is 2. The summed E-state index contributed by atoms with van der Waals surface area (Å²) in [5.74, 6) is 7.52. The number of carbonyl (C=O) groups is 1. The Labute approximate surface area is 305 Å². The number of pyridine rings is 1. The fourth-order valence-corrected chi connectivity index (χ4v) is 7.82. The van der Waals surface area contributed by atoms with Gasteiger partial charge in [-0.25, -0.2) is 18.4 Å². The van der Waals surface area contributed by atoms with Crippen molar-refractivity contribution < 1.29 is 18.3 Å². The lowest BCUT2D eigenvalue weighted by atomic mass is 9.87. The number of sulfonamides is 1. The Bertz CT molecular complexity index is 2040. The summed E-state index contributed by atoms with van der Waals surface area (Å²) in [6, 6.07) is 18.2. The second-order valence-corrected chi connectivity index (χ2v) is 15.8. The van der Waals surface area contributed by atoms with Gasteiger partial charge in [0.25, 0.3) is 5.91 Å². The molecule has 3 heterocycles. The third-order valence-electron chi connectivity index (χ3n) is 9.84. The molecular formula is C39H44N8O4S. The summed E-state index contributed by atoms with van der Waals surface area (Å²) < 4.78 is 28.2. The van der Waals surface area contributed by atoms with Crippen LogP contribution >= 0.6 is 0 Å². The molecule has 13 heteroatoms. The van der Waals surface area contributed by atoms with Gasteiger partial charge >= 0.3 is 0 Å².